The summed E-state index contributed by atoms with van der Waals surface area (Å²) >= 11 is 6.15. The Morgan fingerprint density at radius 1 is 0.311 bits per heavy atom. The van der Waals surface area contributed by atoms with Crippen molar-refractivity contribution in [2.75, 3.05) is 169 Å². The summed E-state index contributed by atoms with van der Waals surface area (Å²) in [5.41, 5.74) is 0. The first-order valence-corrected chi connectivity index (χ1v) is 17.5. The minimum atomic E-state index is -0.0594. The van der Waals surface area contributed by atoms with Crippen molar-refractivity contribution in [1.82, 2.24) is 10.6 Å². The first-order valence-electron chi connectivity index (χ1n) is 15.2. The summed E-state index contributed by atoms with van der Waals surface area (Å²) < 4.78 is 59.6. The van der Waals surface area contributed by atoms with Crippen LogP contribution in [0.2, 0.25) is 0 Å². The Kier molecular flexibility index (Phi) is 39.2. The molecule has 0 atom stereocenters. The maximum atomic E-state index is 11.0. The van der Waals surface area contributed by atoms with E-state index >= 15 is 0 Å². The molecule has 0 bridgehead atoms. The number of amides is 2. The van der Waals surface area contributed by atoms with Crippen LogP contribution in [0.5, 0.6) is 0 Å². The van der Waals surface area contributed by atoms with E-state index in [4.69, 9.17) is 52.1 Å². The Bertz CT molecular complexity index is 581. The molecule has 0 saturated heterocycles. The van der Waals surface area contributed by atoms with Crippen molar-refractivity contribution >= 4 is 43.7 Å². The van der Waals surface area contributed by atoms with Gasteiger partial charge in [0.05, 0.1) is 156 Å². The standard InChI is InChI=1S/C28H54Br2N2O13/c29-25-27(33)31-1-3-35-5-7-37-9-11-39-13-15-41-17-19-43-21-23-45-24-22-44-20-18-42-16-14-40-12-10-38-8-6-36-4-2-32-28(34)26-30/h1-26H2,(H,31,33)(H,32,34). The highest BCUT2D eigenvalue weighted by atomic mass is 79.9. The molecule has 0 fully saturated rings. The molecule has 0 spiro atoms. The van der Waals surface area contributed by atoms with Gasteiger partial charge in [-0.2, -0.15) is 0 Å². The molecule has 45 heavy (non-hydrogen) atoms. The van der Waals surface area contributed by atoms with E-state index in [1.165, 1.54) is 0 Å². The number of alkyl halides is 2. The molecule has 0 saturated carbocycles. The number of carbonyl (C=O) groups excluding carboxylic acids is 2. The van der Waals surface area contributed by atoms with Crippen LogP contribution in [0.15, 0.2) is 0 Å². The van der Waals surface area contributed by atoms with Crippen molar-refractivity contribution in [1.29, 1.82) is 0 Å². The lowest BCUT2D eigenvalue weighted by Crippen LogP contribution is -2.28. The molecule has 268 valence electrons. The quantitative estimate of drug-likeness (QED) is 0.0647. The van der Waals surface area contributed by atoms with Crippen molar-refractivity contribution in [2.45, 2.75) is 0 Å². The predicted octanol–water partition coefficient (Wildman–Crippen LogP) is 0.191. The number of nitrogens with one attached hydrogen (secondary N) is 2. The number of hydrogen-bond acceptors (Lipinski definition) is 13. The van der Waals surface area contributed by atoms with Crippen molar-refractivity contribution in [3.63, 3.8) is 0 Å². The molecule has 0 aliphatic heterocycles. The minimum absolute atomic E-state index is 0.0594. The van der Waals surface area contributed by atoms with Crippen LogP contribution in [-0.4, -0.2) is 181 Å². The van der Waals surface area contributed by atoms with Gasteiger partial charge in [-0.15, -0.1) is 0 Å². The molecule has 17 heteroatoms. The first-order chi connectivity index (χ1) is 22.2. The summed E-state index contributed by atoms with van der Waals surface area (Å²) in [6, 6.07) is 0. The second-order valence-corrected chi connectivity index (χ2v) is 9.82. The molecule has 0 aliphatic carbocycles. The maximum absolute atomic E-state index is 11.0. The molecule has 0 unspecified atom stereocenters. The summed E-state index contributed by atoms with van der Waals surface area (Å²) in [6.45, 7) is 11.7. The molecule has 2 N–H and O–H groups in total. The van der Waals surface area contributed by atoms with E-state index in [-0.39, 0.29) is 11.8 Å². The summed E-state index contributed by atoms with van der Waals surface area (Å²) in [7, 11) is 0. The van der Waals surface area contributed by atoms with E-state index in [9.17, 15) is 9.59 Å². The van der Waals surface area contributed by atoms with E-state index in [0.29, 0.717) is 169 Å². The molecule has 0 aromatic carbocycles. The smallest absolute Gasteiger partial charge is 0.230 e. The molecule has 15 nitrogen and oxygen atoms in total. The third kappa shape index (κ3) is 39.6. The van der Waals surface area contributed by atoms with Crippen LogP contribution in [0.4, 0.5) is 0 Å². The Hall–Kier alpha value is -0.540. The second kappa shape index (κ2) is 39.6. The third-order valence-electron chi connectivity index (χ3n) is 5.10. The van der Waals surface area contributed by atoms with Gasteiger partial charge in [0, 0.05) is 13.1 Å². The number of hydrogen-bond donors (Lipinski definition) is 2. The predicted molar refractivity (Wildman–Crippen MR) is 173 cm³/mol. The molecule has 0 aliphatic rings. The summed E-state index contributed by atoms with van der Waals surface area (Å²) in [5.74, 6) is -0.119. The lowest BCUT2D eigenvalue weighted by atomic mass is 10.6. The van der Waals surface area contributed by atoms with Crippen LogP contribution in [-0.2, 0) is 61.7 Å². The van der Waals surface area contributed by atoms with E-state index in [1.54, 1.807) is 0 Å². The molecule has 0 radical (unpaired) electrons. The van der Waals surface area contributed by atoms with E-state index in [0.717, 1.165) is 0 Å². The van der Waals surface area contributed by atoms with Crippen LogP contribution in [0.1, 0.15) is 0 Å². The van der Waals surface area contributed by atoms with Crippen molar-refractivity contribution < 1.29 is 61.7 Å². The van der Waals surface area contributed by atoms with Gasteiger partial charge in [-0.3, -0.25) is 9.59 Å². The Morgan fingerprint density at radius 2 is 0.467 bits per heavy atom. The minimum Gasteiger partial charge on any atom is -0.377 e. The van der Waals surface area contributed by atoms with Gasteiger partial charge in [0.25, 0.3) is 0 Å². The monoisotopic (exact) mass is 784 g/mol. The lowest BCUT2D eigenvalue weighted by Gasteiger charge is -2.09. The van der Waals surface area contributed by atoms with Gasteiger partial charge < -0.3 is 62.7 Å². The maximum Gasteiger partial charge on any atom is 0.230 e. The van der Waals surface area contributed by atoms with Crippen LogP contribution in [0, 0.1) is 0 Å². The van der Waals surface area contributed by atoms with Crippen molar-refractivity contribution in [3.05, 3.63) is 0 Å². The van der Waals surface area contributed by atoms with Gasteiger partial charge >= 0.3 is 0 Å². The zero-order chi connectivity index (χ0) is 32.7. The fourth-order valence-corrected chi connectivity index (χ4v) is 3.32. The molecule has 2 amide bonds. The van der Waals surface area contributed by atoms with E-state index < -0.39 is 0 Å². The number of rotatable bonds is 38. The van der Waals surface area contributed by atoms with E-state index in [1.807, 2.05) is 0 Å². The largest absolute Gasteiger partial charge is 0.377 e. The highest BCUT2D eigenvalue weighted by Gasteiger charge is 1.99. The normalized spacial score (nSPS) is 11.2. The van der Waals surface area contributed by atoms with Gasteiger partial charge in [0.2, 0.25) is 11.8 Å². The molecular weight excluding hydrogens is 732 g/mol. The zero-order valence-electron chi connectivity index (χ0n) is 26.4. The van der Waals surface area contributed by atoms with Gasteiger partial charge in [0.15, 0.2) is 0 Å². The Morgan fingerprint density at radius 3 is 0.622 bits per heavy atom. The molecule has 0 heterocycles. The Labute approximate surface area is 284 Å². The molecule has 0 aromatic heterocycles. The van der Waals surface area contributed by atoms with E-state index in [2.05, 4.69) is 42.5 Å². The number of ether oxygens (including phenoxy) is 11. The molecule has 0 rings (SSSR count). The second-order valence-electron chi connectivity index (χ2n) is 8.70. The van der Waals surface area contributed by atoms with Crippen LogP contribution in [0.3, 0.4) is 0 Å². The average Bonchev–Trinajstić information content (AvgIpc) is 3.05. The van der Waals surface area contributed by atoms with Gasteiger partial charge in [-0.25, -0.2) is 0 Å². The Balaban J connectivity index is 3.06. The number of halogens is 2. The summed E-state index contributed by atoms with van der Waals surface area (Å²) in [6.07, 6.45) is 0. The average molecular weight is 787 g/mol. The fraction of sp³-hybridized carbons (Fsp3) is 0.929. The van der Waals surface area contributed by atoms with Gasteiger partial charge in [-0.05, 0) is 0 Å². The van der Waals surface area contributed by atoms with Gasteiger partial charge in [-0.1, -0.05) is 31.9 Å². The highest BCUT2D eigenvalue weighted by Crippen LogP contribution is 1.87. The molecule has 0 aromatic rings. The topological polar surface area (TPSA) is 160 Å². The van der Waals surface area contributed by atoms with Crippen LogP contribution in [0.25, 0.3) is 0 Å². The number of carbonyl (C=O) groups is 2. The first kappa shape index (κ1) is 44.5. The van der Waals surface area contributed by atoms with Crippen LogP contribution >= 0.6 is 31.9 Å². The highest BCUT2D eigenvalue weighted by molar-refractivity contribution is 9.09. The SMILES string of the molecule is O=C(CBr)NCCOCCOCCOCCOCCOCCOCCOCCOCCOCCOCCOCCNC(=O)CBr. The molecular formula is C28H54Br2N2O13. The third-order valence-corrected chi connectivity index (χ3v) is 6.12. The van der Waals surface area contributed by atoms with Crippen molar-refractivity contribution in [2.24, 2.45) is 0 Å². The van der Waals surface area contributed by atoms with Gasteiger partial charge in [0.1, 0.15) is 0 Å². The summed E-state index contributed by atoms with van der Waals surface area (Å²) in [5, 5.41) is 5.98. The van der Waals surface area contributed by atoms with Crippen LogP contribution < -0.4 is 10.6 Å². The van der Waals surface area contributed by atoms with Crippen molar-refractivity contribution in [3.8, 4) is 0 Å². The lowest BCUT2D eigenvalue weighted by molar-refractivity contribution is -0.119. The zero-order valence-corrected chi connectivity index (χ0v) is 29.6. The summed E-state index contributed by atoms with van der Waals surface area (Å²) in [4.78, 5) is 22.0. The fourth-order valence-electron chi connectivity index (χ4n) is 2.92.